The van der Waals surface area contributed by atoms with Gasteiger partial charge in [-0.2, -0.15) is 0 Å². The molecule has 40 heavy (non-hydrogen) atoms. The molecule has 0 unspecified atom stereocenters. The lowest BCUT2D eigenvalue weighted by molar-refractivity contribution is -0.147. The number of esters is 1. The van der Waals surface area contributed by atoms with Gasteiger partial charge in [-0.1, -0.05) is 73.2 Å². The highest BCUT2D eigenvalue weighted by molar-refractivity contribution is 6.07. The van der Waals surface area contributed by atoms with Gasteiger partial charge >= 0.3 is 5.97 Å². The number of benzene rings is 3. The number of para-hydroxylation sites is 1. The highest BCUT2D eigenvalue weighted by Gasteiger charge is 2.61. The minimum absolute atomic E-state index is 0.0759. The van der Waals surface area contributed by atoms with Gasteiger partial charge in [0, 0.05) is 30.5 Å². The fourth-order valence-corrected chi connectivity index (χ4v) is 6.79. The molecule has 1 fully saturated rings. The highest BCUT2D eigenvalue weighted by atomic mass is 16.5. The van der Waals surface area contributed by atoms with Crippen LogP contribution in [0.3, 0.4) is 0 Å². The Bertz CT molecular complexity index is 1380. The molecule has 0 radical (unpaired) electrons. The molecule has 4 aliphatic rings. The van der Waals surface area contributed by atoms with E-state index >= 15 is 0 Å². The Morgan fingerprint density at radius 3 is 1.82 bits per heavy atom. The fourth-order valence-electron chi connectivity index (χ4n) is 6.79. The number of hydrogen-bond acceptors (Lipinski definition) is 5. The summed E-state index contributed by atoms with van der Waals surface area (Å²) >= 11 is 0. The van der Waals surface area contributed by atoms with Gasteiger partial charge < -0.3 is 10.1 Å². The second kappa shape index (κ2) is 10.7. The SMILES string of the molecule is Cc1ccccc1NC(=O)COC(=O)CCCCCN1C(=O)[C@@H]2C3c4ccccc4C(c4ccccc43)[C@@H]2C1=O. The van der Waals surface area contributed by atoms with Gasteiger partial charge in [-0.05, 0) is 53.6 Å². The lowest BCUT2D eigenvalue weighted by Gasteiger charge is -2.45. The van der Waals surface area contributed by atoms with Crippen LogP contribution >= 0.6 is 0 Å². The summed E-state index contributed by atoms with van der Waals surface area (Å²) in [6.07, 6.45) is 2.03. The Hall–Kier alpha value is -4.26. The smallest absolute Gasteiger partial charge is 0.306 e. The van der Waals surface area contributed by atoms with E-state index < -0.39 is 5.97 Å². The molecule has 1 N–H and O–H groups in total. The minimum atomic E-state index is -0.439. The lowest BCUT2D eigenvalue weighted by atomic mass is 9.55. The zero-order valence-corrected chi connectivity index (χ0v) is 22.5. The van der Waals surface area contributed by atoms with Crippen LogP contribution in [-0.2, 0) is 23.9 Å². The maximum atomic E-state index is 13.6. The number of ether oxygens (including phenoxy) is 1. The van der Waals surface area contributed by atoms with E-state index in [2.05, 4.69) is 29.6 Å². The van der Waals surface area contributed by atoms with Gasteiger partial charge in [0.1, 0.15) is 0 Å². The van der Waals surface area contributed by atoms with Crippen molar-refractivity contribution < 1.29 is 23.9 Å². The zero-order valence-electron chi connectivity index (χ0n) is 22.5. The molecule has 3 aromatic rings. The molecule has 3 aromatic carbocycles. The summed E-state index contributed by atoms with van der Waals surface area (Å²) in [5.74, 6) is -1.88. The normalized spacial score (nSPS) is 22.0. The van der Waals surface area contributed by atoms with Gasteiger partial charge in [-0.15, -0.1) is 0 Å². The van der Waals surface area contributed by atoms with Crippen LogP contribution in [0.1, 0.15) is 65.3 Å². The number of nitrogens with zero attached hydrogens (tertiary/aromatic N) is 1. The van der Waals surface area contributed by atoms with Crippen molar-refractivity contribution in [3.63, 3.8) is 0 Å². The van der Waals surface area contributed by atoms with Crippen LogP contribution in [0.25, 0.3) is 0 Å². The second-order valence-corrected chi connectivity index (χ2v) is 10.9. The molecule has 0 saturated carbocycles. The summed E-state index contributed by atoms with van der Waals surface area (Å²) < 4.78 is 5.12. The quantitative estimate of drug-likeness (QED) is 0.238. The van der Waals surface area contributed by atoms with Crippen molar-refractivity contribution >= 4 is 29.4 Å². The number of rotatable bonds is 9. The third-order valence-corrected chi connectivity index (χ3v) is 8.59. The first-order valence-electron chi connectivity index (χ1n) is 14.0. The van der Waals surface area contributed by atoms with Crippen LogP contribution in [0.5, 0.6) is 0 Å². The van der Waals surface area contributed by atoms with Gasteiger partial charge in [-0.3, -0.25) is 24.1 Å². The Labute approximate surface area is 233 Å². The molecule has 7 heteroatoms. The van der Waals surface area contributed by atoms with E-state index in [4.69, 9.17) is 4.74 Å². The average Bonchev–Trinajstić information content (AvgIpc) is 3.22. The van der Waals surface area contributed by atoms with Crippen LogP contribution < -0.4 is 5.32 Å². The summed E-state index contributed by atoms with van der Waals surface area (Å²) in [6.45, 7) is 1.91. The molecular formula is C33H32N2O5. The average molecular weight is 537 g/mol. The van der Waals surface area contributed by atoms with E-state index in [1.165, 1.54) is 27.2 Å². The maximum absolute atomic E-state index is 13.6. The monoisotopic (exact) mass is 536 g/mol. The number of carbonyl (C=O) groups is 4. The number of imide groups is 1. The first kappa shape index (κ1) is 26.0. The van der Waals surface area contributed by atoms with Crippen molar-refractivity contribution in [1.82, 2.24) is 4.90 Å². The predicted octanol–water partition coefficient (Wildman–Crippen LogP) is 4.93. The van der Waals surface area contributed by atoms with Crippen molar-refractivity contribution in [3.05, 3.63) is 101 Å². The van der Waals surface area contributed by atoms with E-state index in [1.807, 2.05) is 49.4 Å². The van der Waals surface area contributed by atoms with Crippen molar-refractivity contribution in [1.29, 1.82) is 0 Å². The number of carbonyl (C=O) groups excluding carboxylic acids is 4. The van der Waals surface area contributed by atoms with Crippen LogP contribution in [0.15, 0.2) is 72.8 Å². The number of hydrogen-bond donors (Lipinski definition) is 1. The number of nitrogens with one attached hydrogen (secondary N) is 1. The molecular weight excluding hydrogens is 504 g/mol. The molecule has 2 bridgehead atoms. The summed E-state index contributed by atoms with van der Waals surface area (Å²) in [6, 6.07) is 23.9. The zero-order chi connectivity index (χ0) is 27.8. The molecule has 3 aliphatic carbocycles. The topological polar surface area (TPSA) is 92.8 Å². The number of aryl methyl sites for hydroxylation is 1. The third kappa shape index (κ3) is 4.49. The molecule has 1 heterocycles. The predicted molar refractivity (Wildman–Crippen MR) is 150 cm³/mol. The highest BCUT2D eigenvalue weighted by Crippen LogP contribution is 2.60. The number of unbranched alkanes of at least 4 members (excludes halogenated alkanes) is 2. The van der Waals surface area contributed by atoms with E-state index in [9.17, 15) is 19.2 Å². The van der Waals surface area contributed by atoms with Crippen molar-refractivity contribution in [2.45, 2.75) is 44.4 Å². The molecule has 2 atom stereocenters. The molecule has 1 saturated heterocycles. The van der Waals surface area contributed by atoms with E-state index in [0.29, 0.717) is 31.5 Å². The van der Waals surface area contributed by atoms with Crippen molar-refractivity contribution in [3.8, 4) is 0 Å². The Morgan fingerprint density at radius 1 is 0.750 bits per heavy atom. The number of anilines is 1. The molecule has 3 amide bonds. The fraction of sp³-hybridized carbons (Fsp3) is 0.333. The lowest BCUT2D eigenvalue weighted by Crippen LogP contribution is -2.41. The third-order valence-electron chi connectivity index (χ3n) is 8.59. The Balaban J connectivity index is 1.01. The van der Waals surface area contributed by atoms with Crippen molar-refractivity contribution in [2.75, 3.05) is 18.5 Å². The van der Waals surface area contributed by atoms with Gasteiger partial charge in [0.15, 0.2) is 6.61 Å². The van der Waals surface area contributed by atoms with Gasteiger partial charge in [0.05, 0.1) is 11.8 Å². The number of likely N-dealkylation sites (tertiary alicyclic amines) is 1. The summed E-state index contributed by atoms with van der Waals surface area (Å²) in [4.78, 5) is 52.9. The second-order valence-electron chi connectivity index (χ2n) is 10.9. The summed E-state index contributed by atoms with van der Waals surface area (Å²) in [7, 11) is 0. The van der Waals surface area contributed by atoms with Crippen molar-refractivity contribution in [2.24, 2.45) is 11.8 Å². The molecule has 0 spiro atoms. The molecule has 7 nitrogen and oxygen atoms in total. The first-order valence-corrected chi connectivity index (χ1v) is 14.0. The van der Waals surface area contributed by atoms with Crippen LogP contribution in [0, 0.1) is 18.8 Å². The van der Waals surface area contributed by atoms with Gasteiger partial charge in [-0.25, -0.2) is 0 Å². The minimum Gasteiger partial charge on any atom is -0.456 e. The van der Waals surface area contributed by atoms with E-state index in [1.54, 1.807) is 6.07 Å². The van der Waals surface area contributed by atoms with Gasteiger partial charge in [0.2, 0.25) is 11.8 Å². The summed E-state index contributed by atoms with van der Waals surface area (Å²) in [5, 5.41) is 2.74. The Kier molecular flexibility index (Phi) is 6.96. The van der Waals surface area contributed by atoms with Crippen LogP contribution in [0.2, 0.25) is 0 Å². The van der Waals surface area contributed by atoms with Gasteiger partial charge in [0.25, 0.3) is 5.91 Å². The van der Waals surface area contributed by atoms with Crippen LogP contribution in [0.4, 0.5) is 5.69 Å². The summed E-state index contributed by atoms with van der Waals surface area (Å²) in [5.41, 5.74) is 6.29. The van der Waals surface area contributed by atoms with E-state index in [-0.39, 0.29) is 54.4 Å². The van der Waals surface area contributed by atoms with E-state index in [0.717, 1.165) is 5.56 Å². The number of amides is 3. The molecule has 7 rings (SSSR count). The molecule has 0 aromatic heterocycles. The maximum Gasteiger partial charge on any atom is 0.306 e. The Morgan fingerprint density at radius 2 is 1.27 bits per heavy atom. The molecule has 204 valence electrons. The standard InChI is InChI=1S/C33H32N2O5/c1-20-11-4-9-16-25(20)34-26(36)19-40-27(37)17-3-2-10-18-35-32(38)30-28-21-12-5-6-13-22(21)29(31(30)33(35)39)24-15-8-7-14-23(24)28/h4-9,11-16,28-31H,2-3,10,17-19H2,1H3,(H,34,36)/t28?,29?,30-,31+. The first-order chi connectivity index (χ1) is 19.5. The van der Waals surface area contributed by atoms with Crippen LogP contribution in [-0.4, -0.2) is 41.7 Å². The molecule has 1 aliphatic heterocycles. The largest absolute Gasteiger partial charge is 0.456 e.